The van der Waals surface area contributed by atoms with Crippen molar-refractivity contribution in [3.8, 4) is 0 Å². The largest absolute Gasteiger partial charge is 0.449 e. The molecule has 0 aliphatic carbocycles. The zero-order valence-electron chi connectivity index (χ0n) is 11.2. The zero-order valence-corrected chi connectivity index (χ0v) is 11.2. The zero-order chi connectivity index (χ0) is 13.7. The van der Waals surface area contributed by atoms with E-state index in [0.29, 0.717) is 25.3 Å². The molecule has 0 atom stereocenters. The van der Waals surface area contributed by atoms with Crippen LogP contribution in [0, 0.1) is 0 Å². The van der Waals surface area contributed by atoms with Gasteiger partial charge in [0, 0.05) is 18.7 Å². The minimum absolute atomic E-state index is 0.254. The standard InChI is InChI=1S/C15H19NO3/c1-2-3-8-19-15(18)16-7-6-13-5-4-12(11-17)9-14(13)10-16/h4-5,9,11H,2-3,6-8,10H2,1H3. The molecule has 0 radical (unpaired) electrons. The number of carbonyl (C=O) groups excluding carboxylic acids is 2. The molecule has 0 aromatic heterocycles. The van der Waals surface area contributed by atoms with E-state index in [4.69, 9.17) is 4.74 Å². The van der Waals surface area contributed by atoms with Gasteiger partial charge in [0.1, 0.15) is 6.29 Å². The van der Waals surface area contributed by atoms with Crippen LogP contribution in [0.15, 0.2) is 18.2 Å². The van der Waals surface area contributed by atoms with E-state index in [1.165, 1.54) is 5.56 Å². The second-order valence-corrected chi connectivity index (χ2v) is 4.79. The van der Waals surface area contributed by atoms with Crippen molar-refractivity contribution in [1.29, 1.82) is 0 Å². The van der Waals surface area contributed by atoms with Crippen molar-refractivity contribution in [2.45, 2.75) is 32.7 Å². The van der Waals surface area contributed by atoms with Gasteiger partial charge < -0.3 is 9.64 Å². The third-order valence-electron chi connectivity index (χ3n) is 3.36. The van der Waals surface area contributed by atoms with Gasteiger partial charge in [0.05, 0.1) is 6.61 Å². The Balaban J connectivity index is 2.00. The number of unbranched alkanes of at least 4 members (excludes halogenated alkanes) is 1. The first-order chi connectivity index (χ1) is 9.24. The minimum atomic E-state index is -0.254. The van der Waals surface area contributed by atoms with Crippen molar-refractivity contribution in [1.82, 2.24) is 4.90 Å². The molecule has 1 aliphatic rings. The smallest absolute Gasteiger partial charge is 0.410 e. The van der Waals surface area contributed by atoms with E-state index in [9.17, 15) is 9.59 Å². The summed E-state index contributed by atoms with van der Waals surface area (Å²) in [5, 5.41) is 0. The predicted octanol–water partition coefficient (Wildman–Crippen LogP) is 2.79. The SMILES string of the molecule is CCCCOC(=O)N1CCc2ccc(C=O)cc2C1. The van der Waals surface area contributed by atoms with Crippen molar-refractivity contribution >= 4 is 12.4 Å². The van der Waals surface area contributed by atoms with Crippen molar-refractivity contribution in [2.75, 3.05) is 13.2 Å². The lowest BCUT2D eigenvalue weighted by Crippen LogP contribution is -2.36. The van der Waals surface area contributed by atoms with Crippen LogP contribution in [0.4, 0.5) is 4.79 Å². The maximum absolute atomic E-state index is 11.9. The van der Waals surface area contributed by atoms with Gasteiger partial charge in [-0.15, -0.1) is 0 Å². The number of carbonyl (C=O) groups is 2. The molecule has 1 heterocycles. The van der Waals surface area contributed by atoms with E-state index >= 15 is 0 Å². The average molecular weight is 261 g/mol. The maximum atomic E-state index is 11.9. The summed E-state index contributed by atoms with van der Waals surface area (Å²) in [5.74, 6) is 0. The number of amides is 1. The molecule has 0 spiro atoms. The van der Waals surface area contributed by atoms with Crippen LogP contribution in [0.5, 0.6) is 0 Å². The summed E-state index contributed by atoms with van der Waals surface area (Å²) in [4.78, 5) is 24.3. The highest BCUT2D eigenvalue weighted by Gasteiger charge is 2.21. The van der Waals surface area contributed by atoms with E-state index in [0.717, 1.165) is 31.1 Å². The molecule has 4 nitrogen and oxygen atoms in total. The fourth-order valence-electron chi connectivity index (χ4n) is 2.20. The van der Waals surface area contributed by atoms with Crippen molar-refractivity contribution in [3.05, 3.63) is 34.9 Å². The lowest BCUT2D eigenvalue weighted by molar-refractivity contribution is 0.0966. The van der Waals surface area contributed by atoms with E-state index in [2.05, 4.69) is 6.92 Å². The number of aldehydes is 1. The number of benzene rings is 1. The summed E-state index contributed by atoms with van der Waals surface area (Å²) in [6.07, 6.45) is 3.30. The maximum Gasteiger partial charge on any atom is 0.410 e. The average Bonchev–Trinajstić information content (AvgIpc) is 2.46. The second kappa shape index (κ2) is 6.36. The van der Waals surface area contributed by atoms with Crippen LogP contribution in [0.2, 0.25) is 0 Å². The summed E-state index contributed by atoms with van der Waals surface area (Å²) in [7, 11) is 0. The first-order valence-corrected chi connectivity index (χ1v) is 6.73. The molecule has 19 heavy (non-hydrogen) atoms. The summed E-state index contributed by atoms with van der Waals surface area (Å²) < 4.78 is 5.21. The molecule has 1 aromatic carbocycles. The van der Waals surface area contributed by atoms with Gasteiger partial charge in [-0.1, -0.05) is 25.5 Å². The molecular formula is C15H19NO3. The Morgan fingerprint density at radius 1 is 1.42 bits per heavy atom. The molecule has 4 heteroatoms. The monoisotopic (exact) mass is 261 g/mol. The molecule has 0 saturated carbocycles. The van der Waals surface area contributed by atoms with Gasteiger partial charge in [0.25, 0.3) is 0 Å². The Morgan fingerprint density at radius 3 is 3.00 bits per heavy atom. The Morgan fingerprint density at radius 2 is 2.26 bits per heavy atom. The van der Waals surface area contributed by atoms with Gasteiger partial charge in [-0.3, -0.25) is 4.79 Å². The molecular weight excluding hydrogens is 242 g/mol. The highest BCUT2D eigenvalue weighted by molar-refractivity contribution is 5.75. The first-order valence-electron chi connectivity index (χ1n) is 6.73. The third kappa shape index (κ3) is 3.34. The molecule has 102 valence electrons. The van der Waals surface area contributed by atoms with Gasteiger partial charge in [-0.2, -0.15) is 0 Å². The third-order valence-corrected chi connectivity index (χ3v) is 3.36. The van der Waals surface area contributed by atoms with E-state index in [1.807, 2.05) is 18.2 Å². The number of hydrogen-bond acceptors (Lipinski definition) is 3. The predicted molar refractivity (Wildman–Crippen MR) is 72.2 cm³/mol. The van der Waals surface area contributed by atoms with E-state index < -0.39 is 0 Å². The number of hydrogen-bond donors (Lipinski definition) is 0. The Hall–Kier alpha value is -1.84. The summed E-state index contributed by atoms with van der Waals surface area (Å²) in [6, 6.07) is 5.65. The fourth-order valence-corrected chi connectivity index (χ4v) is 2.20. The number of nitrogens with zero attached hydrogens (tertiary/aromatic N) is 1. The van der Waals surface area contributed by atoms with Crippen LogP contribution in [0.1, 0.15) is 41.3 Å². The quantitative estimate of drug-likeness (QED) is 0.618. The van der Waals surface area contributed by atoms with Crippen molar-refractivity contribution < 1.29 is 14.3 Å². The van der Waals surface area contributed by atoms with Crippen LogP contribution < -0.4 is 0 Å². The van der Waals surface area contributed by atoms with Gasteiger partial charge in [-0.05, 0) is 30.0 Å². The fraction of sp³-hybridized carbons (Fsp3) is 0.467. The van der Waals surface area contributed by atoms with Gasteiger partial charge >= 0.3 is 6.09 Å². The molecule has 1 aliphatic heterocycles. The molecule has 1 aromatic rings. The minimum Gasteiger partial charge on any atom is -0.449 e. The van der Waals surface area contributed by atoms with E-state index in [1.54, 1.807) is 4.90 Å². The Kier molecular flexibility index (Phi) is 4.55. The number of rotatable bonds is 4. The van der Waals surface area contributed by atoms with Gasteiger partial charge in [-0.25, -0.2) is 4.79 Å². The molecule has 0 fully saturated rings. The van der Waals surface area contributed by atoms with Crippen molar-refractivity contribution in [2.24, 2.45) is 0 Å². The number of fused-ring (bicyclic) bond motifs is 1. The van der Waals surface area contributed by atoms with Crippen LogP contribution in [0.25, 0.3) is 0 Å². The molecule has 0 bridgehead atoms. The summed E-state index contributed by atoms with van der Waals surface area (Å²) >= 11 is 0. The van der Waals surface area contributed by atoms with Crippen LogP contribution in [0.3, 0.4) is 0 Å². The van der Waals surface area contributed by atoms with E-state index in [-0.39, 0.29) is 6.09 Å². The van der Waals surface area contributed by atoms with Crippen molar-refractivity contribution in [3.63, 3.8) is 0 Å². The van der Waals surface area contributed by atoms with Crippen LogP contribution >= 0.6 is 0 Å². The number of ether oxygens (including phenoxy) is 1. The molecule has 0 saturated heterocycles. The lowest BCUT2D eigenvalue weighted by Gasteiger charge is -2.28. The van der Waals surface area contributed by atoms with Crippen LogP contribution in [-0.2, 0) is 17.7 Å². The highest BCUT2D eigenvalue weighted by Crippen LogP contribution is 2.20. The van der Waals surface area contributed by atoms with Gasteiger partial charge in [0.15, 0.2) is 0 Å². The lowest BCUT2D eigenvalue weighted by atomic mass is 9.98. The molecule has 0 N–H and O–H groups in total. The van der Waals surface area contributed by atoms with Gasteiger partial charge in [0.2, 0.25) is 0 Å². The molecule has 2 rings (SSSR count). The first kappa shape index (κ1) is 13.6. The molecule has 1 amide bonds. The normalized spacial score (nSPS) is 13.8. The summed E-state index contributed by atoms with van der Waals surface area (Å²) in [6.45, 7) is 3.75. The van der Waals surface area contributed by atoms with Crippen LogP contribution in [-0.4, -0.2) is 30.4 Å². The topological polar surface area (TPSA) is 46.6 Å². The highest BCUT2D eigenvalue weighted by atomic mass is 16.6. The Labute approximate surface area is 113 Å². The summed E-state index contributed by atoms with van der Waals surface area (Å²) in [5.41, 5.74) is 2.91. The molecule has 0 unspecified atom stereocenters. The Bertz CT molecular complexity index is 470. The second-order valence-electron chi connectivity index (χ2n) is 4.79.